The topological polar surface area (TPSA) is 26.0 Å². The van der Waals surface area contributed by atoms with Gasteiger partial charge in [-0.15, -0.1) is 11.3 Å². The summed E-state index contributed by atoms with van der Waals surface area (Å²) in [7, 11) is 0. The van der Waals surface area contributed by atoms with Crippen LogP contribution in [0.1, 0.15) is 42.2 Å². The zero-order chi connectivity index (χ0) is 9.26. The molecule has 0 aliphatic heterocycles. The second-order valence-corrected chi connectivity index (χ2v) is 4.99. The van der Waals surface area contributed by atoms with Gasteiger partial charge in [-0.25, -0.2) is 0 Å². The van der Waals surface area contributed by atoms with Crippen molar-refractivity contribution in [2.45, 2.75) is 38.6 Å². The number of hydrogen-bond acceptors (Lipinski definition) is 2. The normalized spacial score (nSPS) is 20.8. The van der Waals surface area contributed by atoms with Gasteiger partial charge in [-0.05, 0) is 42.7 Å². The van der Waals surface area contributed by atoms with Gasteiger partial charge in [0.1, 0.15) is 0 Å². The molecular formula is C11H17NS. The largest absolute Gasteiger partial charge is 0.323 e. The molecule has 2 N–H and O–H groups in total. The van der Waals surface area contributed by atoms with Crippen LogP contribution in [0.3, 0.4) is 0 Å². The molecule has 0 aromatic carbocycles. The highest BCUT2D eigenvalue weighted by Gasteiger charge is 2.24. The Kier molecular flexibility index (Phi) is 2.70. The van der Waals surface area contributed by atoms with E-state index in [1.165, 1.54) is 36.1 Å². The van der Waals surface area contributed by atoms with Gasteiger partial charge in [0.2, 0.25) is 0 Å². The van der Waals surface area contributed by atoms with Crippen molar-refractivity contribution in [1.82, 2.24) is 0 Å². The number of thiophene rings is 1. The summed E-state index contributed by atoms with van der Waals surface area (Å²) in [5.41, 5.74) is 7.64. The lowest BCUT2D eigenvalue weighted by Gasteiger charge is -2.18. The highest BCUT2D eigenvalue weighted by atomic mass is 32.1. The standard InChI is InChI=1S/C11H17NS/c1-8-6-7-13-11(8)10(12)9-4-2-3-5-9/h6-7,9-10H,2-5,12H2,1H3. The molecule has 1 aliphatic rings. The first-order valence-corrected chi connectivity index (χ1v) is 5.96. The van der Waals surface area contributed by atoms with Crippen LogP contribution in [0.5, 0.6) is 0 Å². The Bertz CT molecular complexity index is 273. The van der Waals surface area contributed by atoms with E-state index in [1.807, 2.05) is 11.3 Å². The second-order valence-electron chi connectivity index (χ2n) is 4.04. The van der Waals surface area contributed by atoms with Gasteiger partial charge in [0, 0.05) is 10.9 Å². The summed E-state index contributed by atoms with van der Waals surface area (Å²) >= 11 is 1.82. The van der Waals surface area contributed by atoms with Gasteiger partial charge in [0.05, 0.1) is 0 Å². The molecule has 1 atom stereocenters. The molecule has 1 fully saturated rings. The fourth-order valence-electron chi connectivity index (χ4n) is 2.26. The lowest BCUT2D eigenvalue weighted by molar-refractivity contribution is 0.449. The third kappa shape index (κ3) is 1.79. The first-order chi connectivity index (χ1) is 6.29. The summed E-state index contributed by atoms with van der Waals surface area (Å²) in [6.45, 7) is 2.17. The number of rotatable bonds is 2. The van der Waals surface area contributed by atoms with E-state index in [2.05, 4.69) is 18.4 Å². The van der Waals surface area contributed by atoms with Crippen LogP contribution >= 0.6 is 11.3 Å². The van der Waals surface area contributed by atoms with Crippen molar-refractivity contribution in [3.8, 4) is 0 Å². The molecule has 0 amide bonds. The zero-order valence-corrected chi connectivity index (χ0v) is 8.94. The molecule has 1 aromatic heterocycles. The molecule has 2 heteroatoms. The van der Waals surface area contributed by atoms with E-state index in [1.54, 1.807) is 0 Å². The van der Waals surface area contributed by atoms with Crippen LogP contribution in [0.2, 0.25) is 0 Å². The molecule has 0 spiro atoms. The Labute approximate surface area is 84.0 Å². The van der Waals surface area contributed by atoms with Crippen LogP contribution in [0.25, 0.3) is 0 Å². The maximum atomic E-state index is 6.26. The molecule has 0 saturated heterocycles. The Morgan fingerprint density at radius 3 is 2.69 bits per heavy atom. The van der Waals surface area contributed by atoms with Crippen LogP contribution < -0.4 is 5.73 Å². The van der Waals surface area contributed by atoms with Crippen molar-refractivity contribution in [3.63, 3.8) is 0 Å². The third-order valence-electron chi connectivity index (χ3n) is 3.11. The van der Waals surface area contributed by atoms with E-state index in [0.29, 0.717) is 6.04 Å². The van der Waals surface area contributed by atoms with Crippen LogP contribution in [-0.2, 0) is 0 Å². The summed E-state index contributed by atoms with van der Waals surface area (Å²) in [6.07, 6.45) is 5.42. The predicted molar refractivity (Wildman–Crippen MR) is 57.9 cm³/mol. The van der Waals surface area contributed by atoms with Crippen LogP contribution in [0.15, 0.2) is 11.4 Å². The van der Waals surface area contributed by atoms with E-state index in [0.717, 1.165) is 5.92 Å². The molecule has 1 nitrogen and oxygen atoms in total. The monoisotopic (exact) mass is 195 g/mol. The maximum absolute atomic E-state index is 6.26. The Hall–Kier alpha value is -0.340. The smallest absolute Gasteiger partial charge is 0.0421 e. The quantitative estimate of drug-likeness (QED) is 0.770. The number of hydrogen-bond donors (Lipinski definition) is 1. The van der Waals surface area contributed by atoms with Gasteiger partial charge in [-0.1, -0.05) is 12.8 Å². The van der Waals surface area contributed by atoms with Crippen LogP contribution in [-0.4, -0.2) is 0 Å². The van der Waals surface area contributed by atoms with Crippen molar-refractivity contribution in [3.05, 3.63) is 21.9 Å². The minimum atomic E-state index is 0.308. The van der Waals surface area contributed by atoms with Gasteiger partial charge in [0.25, 0.3) is 0 Å². The minimum absolute atomic E-state index is 0.308. The van der Waals surface area contributed by atoms with E-state index < -0.39 is 0 Å². The summed E-state index contributed by atoms with van der Waals surface area (Å²) in [5.74, 6) is 0.748. The van der Waals surface area contributed by atoms with Gasteiger partial charge in [-0.3, -0.25) is 0 Å². The van der Waals surface area contributed by atoms with Crippen molar-refractivity contribution in [1.29, 1.82) is 0 Å². The summed E-state index contributed by atoms with van der Waals surface area (Å²) in [4.78, 5) is 1.41. The first kappa shape index (κ1) is 9.22. The number of nitrogens with two attached hydrogens (primary N) is 1. The van der Waals surface area contributed by atoms with Gasteiger partial charge in [0.15, 0.2) is 0 Å². The van der Waals surface area contributed by atoms with E-state index in [-0.39, 0.29) is 0 Å². The average molecular weight is 195 g/mol. The molecule has 1 unspecified atom stereocenters. The predicted octanol–water partition coefficient (Wildman–Crippen LogP) is 3.25. The lowest BCUT2D eigenvalue weighted by Crippen LogP contribution is -2.18. The molecule has 0 bridgehead atoms. The highest BCUT2D eigenvalue weighted by molar-refractivity contribution is 7.10. The van der Waals surface area contributed by atoms with E-state index >= 15 is 0 Å². The Balaban J connectivity index is 2.12. The molecule has 1 heterocycles. The van der Waals surface area contributed by atoms with E-state index in [4.69, 9.17) is 5.73 Å². The molecule has 1 aromatic rings. The summed E-state index contributed by atoms with van der Waals surface area (Å²) in [5, 5.41) is 2.15. The Morgan fingerprint density at radius 1 is 1.46 bits per heavy atom. The van der Waals surface area contributed by atoms with Crippen molar-refractivity contribution in [2.24, 2.45) is 11.7 Å². The Morgan fingerprint density at radius 2 is 2.15 bits per heavy atom. The van der Waals surface area contributed by atoms with Gasteiger partial charge >= 0.3 is 0 Å². The van der Waals surface area contributed by atoms with Crippen LogP contribution in [0, 0.1) is 12.8 Å². The van der Waals surface area contributed by atoms with Gasteiger partial charge in [-0.2, -0.15) is 0 Å². The summed E-state index contributed by atoms with van der Waals surface area (Å²) < 4.78 is 0. The molecule has 1 saturated carbocycles. The second kappa shape index (κ2) is 3.81. The fourth-order valence-corrected chi connectivity index (χ4v) is 3.28. The molecule has 0 radical (unpaired) electrons. The molecule has 72 valence electrons. The summed E-state index contributed by atoms with van der Waals surface area (Å²) in [6, 6.07) is 2.48. The van der Waals surface area contributed by atoms with Crippen molar-refractivity contribution >= 4 is 11.3 Å². The number of aryl methyl sites for hydroxylation is 1. The van der Waals surface area contributed by atoms with Crippen LogP contribution in [0.4, 0.5) is 0 Å². The zero-order valence-electron chi connectivity index (χ0n) is 8.12. The van der Waals surface area contributed by atoms with Gasteiger partial charge < -0.3 is 5.73 Å². The average Bonchev–Trinajstić information content (AvgIpc) is 2.72. The maximum Gasteiger partial charge on any atom is 0.0421 e. The van der Waals surface area contributed by atoms with Crippen molar-refractivity contribution < 1.29 is 0 Å². The van der Waals surface area contributed by atoms with E-state index in [9.17, 15) is 0 Å². The third-order valence-corrected chi connectivity index (χ3v) is 4.23. The first-order valence-electron chi connectivity index (χ1n) is 5.08. The highest BCUT2D eigenvalue weighted by Crippen LogP contribution is 2.36. The SMILES string of the molecule is Cc1ccsc1C(N)C1CCCC1. The minimum Gasteiger partial charge on any atom is -0.323 e. The molecule has 13 heavy (non-hydrogen) atoms. The lowest BCUT2D eigenvalue weighted by atomic mass is 9.96. The fraction of sp³-hybridized carbons (Fsp3) is 0.636. The molecule has 2 rings (SSSR count). The molecular weight excluding hydrogens is 178 g/mol. The van der Waals surface area contributed by atoms with Crippen molar-refractivity contribution in [2.75, 3.05) is 0 Å². The molecule has 1 aliphatic carbocycles.